The van der Waals surface area contributed by atoms with Gasteiger partial charge in [0.1, 0.15) is 5.75 Å². The van der Waals surface area contributed by atoms with E-state index in [1.807, 2.05) is 54.6 Å². The number of aromatic nitrogens is 2. The lowest BCUT2D eigenvalue weighted by Gasteiger charge is -2.48. The molecule has 332 valence electrons. The summed E-state index contributed by atoms with van der Waals surface area (Å²) < 4.78 is 14.4. The van der Waals surface area contributed by atoms with E-state index in [2.05, 4.69) is 67.3 Å². The molecule has 3 aliphatic heterocycles. The Morgan fingerprint density at radius 3 is 2.43 bits per heavy atom. The maximum atomic E-state index is 13.1. The van der Waals surface area contributed by atoms with Gasteiger partial charge in [0, 0.05) is 43.2 Å². The van der Waals surface area contributed by atoms with Gasteiger partial charge >= 0.3 is 11.8 Å². The summed E-state index contributed by atoms with van der Waals surface area (Å²) in [6.45, 7) is 15.4. The normalized spacial score (nSPS) is 18.3. The third-order valence-corrected chi connectivity index (χ3v) is 18.3. The second kappa shape index (κ2) is 18.3. The van der Waals surface area contributed by atoms with Crippen molar-refractivity contribution in [3.63, 3.8) is 0 Å². The molecule has 4 aromatic carbocycles. The number of fused-ring (bicyclic) bond motifs is 5. The minimum absolute atomic E-state index is 0.0105. The second-order valence-corrected chi connectivity index (χ2v) is 23.7. The molecule has 4 N–H and O–H groups in total. The number of nitrogens with zero attached hydrogens (tertiary/aromatic N) is 3. The van der Waals surface area contributed by atoms with E-state index in [4.69, 9.17) is 8.84 Å². The van der Waals surface area contributed by atoms with Crippen LogP contribution in [0.15, 0.2) is 105 Å². The number of unbranched alkanes of at least 4 members (excludes halogenated alkanes) is 2. The summed E-state index contributed by atoms with van der Waals surface area (Å²) in [6.07, 6.45) is 4.20. The third kappa shape index (κ3) is 9.57. The highest BCUT2D eigenvalue weighted by Gasteiger charge is 2.41. The van der Waals surface area contributed by atoms with Crippen LogP contribution in [0.25, 0.3) is 33.1 Å². The van der Waals surface area contributed by atoms with Crippen molar-refractivity contribution >= 4 is 42.1 Å². The Bertz CT molecular complexity index is 2690. The number of piperidine rings is 3. The molecule has 9 rings (SSSR count). The lowest BCUT2D eigenvalue weighted by atomic mass is 9.82. The summed E-state index contributed by atoms with van der Waals surface area (Å²) in [5.74, 6) is -0.00190. The van der Waals surface area contributed by atoms with Crippen LogP contribution in [-0.4, -0.2) is 71.3 Å². The van der Waals surface area contributed by atoms with E-state index in [1.54, 1.807) is 21.6 Å². The van der Waals surface area contributed by atoms with E-state index < -0.39 is 14.4 Å². The molecule has 1 amide bonds. The summed E-state index contributed by atoms with van der Waals surface area (Å²) in [4.78, 5) is 45.1. The van der Waals surface area contributed by atoms with Crippen molar-refractivity contribution in [3.05, 3.63) is 129 Å². The number of phenols is 1. The number of aryl methyl sites for hydroxylation is 2. The van der Waals surface area contributed by atoms with Crippen LogP contribution < -0.4 is 21.5 Å². The number of pyridine rings is 1. The molecule has 3 fully saturated rings. The maximum Gasteiger partial charge on any atom is 0.419 e. The number of hydrogen-bond donors (Lipinski definition) is 4. The average Bonchev–Trinajstić information content (AvgIpc) is 3.57. The van der Waals surface area contributed by atoms with E-state index in [0.717, 1.165) is 103 Å². The highest BCUT2D eigenvalue weighted by molar-refractivity contribution is 6.74. The molecule has 0 saturated carbocycles. The Morgan fingerprint density at radius 1 is 0.952 bits per heavy atom. The largest absolute Gasteiger partial charge is 0.506 e. The molecule has 6 aromatic rings. The number of amides is 1. The van der Waals surface area contributed by atoms with Crippen molar-refractivity contribution in [1.29, 1.82) is 0 Å². The number of nitrogens with one attached hydrogen (secondary N) is 2. The van der Waals surface area contributed by atoms with E-state index in [9.17, 15) is 24.6 Å². The lowest BCUT2D eigenvalue weighted by Crippen LogP contribution is -2.59. The van der Waals surface area contributed by atoms with Crippen LogP contribution in [0.5, 0.6) is 5.75 Å². The molecule has 5 heterocycles. The molecule has 2 atom stereocenters. The van der Waals surface area contributed by atoms with E-state index in [1.165, 1.54) is 6.07 Å². The standard InChI is InChI=1S/C50H61N5O7Si/c1-50(2,3)63(4,5)62-45(38-18-21-43(56)47-39(38)19-22-46(57)52-47)31-51-30-34-16-20-40-44(29-34)61-49(60)54(40)25-11-7-8-12-33-15-17-37(35-13-9-6-10-14-35)41(28-33)55(48(58)59)42-32-53-26-23-36(42)24-27-53/h6,9-10,13-22,28-29,36,42,45,51,56H,7-8,11-12,23-27,30-32H2,1-5H3,(H,52,57)(H,58,59)/t42-,45-/m0/s1. The quantitative estimate of drug-likeness (QED) is 0.0550. The van der Waals surface area contributed by atoms with Gasteiger partial charge in [-0.05, 0) is 122 Å². The number of carbonyl (C=O) groups is 1. The monoisotopic (exact) mass is 871 g/mol. The Balaban J connectivity index is 0.912. The van der Waals surface area contributed by atoms with Gasteiger partial charge < -0.3 is 34.3 Å². The van der Waals surface area contributed by atoms with Crippen molar-refractivity contribution in [3.8, 4) is 16.9 Å². The van der Waals surface area contributed by atoms with Crippen molar-refractivity contribution in [2.24, 2.45) is 5.92 Å². The number of H-pyrrole nitrogens is 1. The molecular weight excluding hydrogens is 811 g/mol. The molecule has 2 aromatic heterocycles. The number of oxazole rings is 1. The van der Waals surface area contributed by atoms with Crippen LogP contribution in [0.4, 0.5) is 10.5 Å². The fourth-order valence-corrected chi connectivity index (χ4v) is 10.6. The zero-order chi connectivity index (χ0) is 44.5. The second-order valence-electron chi connectivity index (χ2n) is 19.0. The van der Waals surface area contributed by atoms with Crippen molar-refractivity contribution in [1.82, 2.24) is 19.8 Å². The first-order valence-electron chi connectivity index (χ1n) is 22.5. The highest BCUT2D eigenvalue weighted by atomic mass is 28.4. The number of aromatic hydroxyl groups is 1. The van der Waals surface area contributed by atoms with E-state index in [-0.39, 0.29) is 34.2 Å². The van der Waals surface area contributed by atoms with Gasteiger partial charge in [0.2, 0.25) is 5.56 Å². The van der Waals surface area contributed by atoms with Crippen LogP contribution in [0.2, 0.25) is 18.1 Å². The summed E-state index contributed by atoms with van der Waals surface area (Å²) in [7, 11) is -2.25. The van der Waals surface area contributed by atoms with Crippen LogP contribution in [0, 0.1) is 5.92 Å². The number of anilines is 1. The Kier molecular flexibility index (Phi) is 12.8. The van der Waals surface area contributed by atoms with Gasteiger partial charge in [-0.1, -0.05) is 81.8 Å². The Hall–Kier alpha value is -5.47. The van der Waals surface area contributed by atoms with Crippen LogP contribution in [0.1, 0.15) is 75.7 Å². The average molecular weight is 872 g/mol. The van der Waals surface area contributed by atoms with Gasteiger partial charge in [0.15, 0.2) is 13.9 Å². The van der Waals surface area contributed by atoms with Gasteiger partial charge in [0.25, 0.3) is 0 Å². The molecule has 3 saturated heterocycles. The van der Waals surface area contributed by atoms with Crippen molar-refractivity contribution in [2.45, 2.75) is 103 Å². The minimum atomic E-state index is -2.25. The van der Waals surface area contributed by atoms with E-state index >= 15 is 0 Å². The SMILES string of the molecule is CC(C)(C)[Si](C)(C)O[C@@H](CNCc1ccc2c(c1)oc(=O)n2CCCCCc1ccc(-c2ccccc2)c(N(C(=O)O)[C@H]2CN3CCC2CC3)c1)c1ccc(O)c2[nH]c(=O)ccc12. The molecule has 0 spiro atoms. The fourth-order valence-electron chi connectivity index (χ4n) is 9.29. The molecular formula is C50H61N5O7Si. The van der Waals surface area contributed by atoms with Crippen LogP contribution >= 0.6 is 0 Å². The molecule has 0 aliphatic carbocycles. The maximum absolute atomic E-state index is 13.1. The molecule has 0 unspecified atom stereocenters. The summed E-state index contributed by atoms with van der Waals surface area (Å²) in [6, 6.07) is 28.9. The van der Waals surface area contributed by atoms with Gasteiger partial charge in [-0.25, -0.2) is 9.59 Å². The molecule has 63 heavy (non-hydrogen) atoms. The first kappa shape index (κ1) is 44.1. The molecule has 12 nitrogen and oxygen atoms in total. The number of hydrogen-bond acceptors (Lipinski definition) is 8. The smallest absolute Gasteiger partial charge is 0.419 e. The number of rotatable bonds is 16. The number of carboxylic acid groups (broad SMARTS) is 1. The topological polar surface area (TPSA) is 153 Å². The Labute approximate surface area is 369 Å². The Morgan fingerprint density at radius 2 is 1.71 bits per heavy atom. The first-order chi connectivity index (χ1) is 30.2. The van der Waals surface area contributed by atoms with Crippen molar-refractivity contribution in [2.75, 3.05) is 31.1 Å². The molecule has 3 aliphatic rings. The fraction of sp³-hybridized carbons (Fsp3) is 0.420. The summed E-state index contributed by atoms with van der Waals surface area (Å²) >= 11 is 0. The van der Waals surface area contributed by atoms with Gasteiger partial charge in [-0.15, -0.1) is 0 Å². The predicted octanol–water partition coefficient (Wildman–Crippen LogP) is 9.65. The lowest BCUT2D eigenvalue weighted by molar-refractivity contribution is 0.0837. The van der Waals surface area contributed by atoms with Crippen molar-refractivity contribution < 1.29 is 23.9 Å². The minimum Gasteiger partial charge on any atom is -0.506 e. The molecule has 2 bridgehead atoms. The number of benzene rings is 4. The van der Waals surface area contributed by atoms with Crippen LogP contribution in [0.3, 0.4) is 0 Å². The number of aromatic amines is 1. The molecule has 13 heteroatoms. The van der Waals surface area contributed by atoms with Gasteiger partial charge in [0.05, 0.1) is 28.9 Å². The summed E-state index contributed by atoms with van der Waals surface area (Å²) in [5.41, 5.74) is 7.06. The number of phenolic OH excluding ortho intramolecular Hbond substituents is 1. The zero-order valence-corrected chi connectivity index (χ0v) is 38.2. The highest BCUT2D eigenvalue weighted by Crippen LogP contribution is 2.42. The zero-order valence-electron chi connectivity index (χ0n) is 37.2. The third-order valence-electron chi connectivity index (χ3n) is 13.8. The molecule has 0 radical (unpaired) electrons. The van der Waals surface area contributed by atoms with E-state index in [0.29, 0.717) is 36.7 Å². The van der Waals surface area contributed by atoms with Gasteiger partial charge in [-0.2, -0.15) is 0 Å². The first-order valence-corrected chi connectivity index (χ1v) is 25.4. The van der Waals surface area contributed by atoms with Crippen LogP contribution in [-0.2, 0) is 23.9 Å². The van der Waals surface area contributed by atoms with Gasteiger partial charge in [-0.3, -0.25) is 14.3 Å². The predicted molar refractivity (Wildman–Crippen MR) is 252 cm³/mol. The summed E-state index contributed by atoms with van der Waals surface area (Å²) in [5, 5.41) is 25.5.